The highest BCUT2D eigenvalue weighted by atomic mass is 19.1. The van der Waals surface area contributed by atoms with E-state index in [-0.39, 0.29) is 17.1 Å². The molecule has 2 atom stereocenters. The van der Waals surface area contributed by atoms with Gasteiger partial charge in [0, 0.05) is 25.5 Å². The molecule has 132 valence electrons. The number of halogens is 1. The van der Waals surface area contributed by atoms with E-state index >= 15 is 0 Å². The lowest BCUT2D eigenvalue weighted by molar-refractivity contribution is -0.134. The Kier molecular flexibility index (Phi) is 4.29. The molecule has 1 aromatic carbocycles. The highest BCUT2D eigenvalue weighted by molar-refractivity contribution is 5.83. The van der Waals surface area contributed by atoms with E-state index in [0.29, 0.717) is 18.2 Å². The lowest BCUT2D eigenvalue weighted by Gasteiger charge is -2.37. The summed E-state index contributed by atoms with van der Waals surface area (Å²) in [6.45, 7) is 2.05. The predicted octanol–water partition coefficient (Wildman–Crippen LogP) is 2.41. The van der Waals surface area contributed by atoms with E-state index in [4.69, 9.17) is 0 Å². The molecular formula is C19H23FN4O. The molecule has 1 amide bonds. The average Bonchev–Trinajstić information content (AvgIpc) is 3.29. The number of aromatic nitrogens is 2. The average molecular weight is 342 g/mol. The predicted molar refractivity (Wildman–Crippen MR) is 92.6 cm³/mol. The van der Waals surface area contributed by atoms with E-state index in [0.717, 1.165) is 37.9 Å². The molecule has 25 heavy (non-hydrogen) atoms. The van der Waals surface area contributed by atoms with Crippen LogP contribution in [-0.4, -0.2) is 28.5 Å². The maximum absolute atomic E-state index is 14.3. The number of carbonyl (C=O) groups is 1. The van der Waals surface area contributed by atoms with Gasteiger partial charge in [-0.05, 0) is 43.0 Å². The molecule has 0 unspecified atom stereocenters. The third-order valence-electron chi connectivity index (χ3n) is 5.74. The van der Waals surface area contributed by atoms with Crippen molar-refractivity contribution < 1.29 is 9.18 Å². The summed E-state index contributed by atoms with van der Waals surface area (Å²) in [6, 6.07) is 5.05. The van der Waals surface area contributed by atoms with Crippen molar-refractivity contribution in [3.63, 3.8) is 0 Å². The molecule has 0 spiro atoms. The van der Waals surface area contributed by atoms with Gasteiger partial charge >= 0.3 is 0 Å². The van der Waals surface area contributed by atoms with Crippen LogP contribution >= 0.6 is 0 Å². The maximum Gasteiger partial charge on any atom is 0.228 e. The summed E-state index contributed by atoms with van der Waals surface area (Å²) in [5.74, 6) is 0.226. The summed E-state index contributed by atoms with van der Waals surface area (Å²) in [5, 5.41) is 6.43. The van der Waals surface area contributed by atoms with Gasteiger partial charge in [0.1, 0.15) is 5.82 Å². The summed E-state index contributed by atoms with van der Waals surface area (Å²) in [6.07, 6.45) is 9.27. The molecule has 6 heteroatoms. The number of hydrogen-bond acceptors (Lipinski definition) is 3. The highest BCUT2D eigenvalue weighted by Gasteiger charge is 2.49. The summed E-state index contributed by atoms with van der Waals surface area (Å²) >= 11 is 0. The van der Waals surface area contributed by atoms with Crippen LogP contribution in [0.1, 0.15) is 31.2 Å². The Morgan fingerprint density at radius 1 is 1.44 bits per heavy atom. The first kappa shape index (κ1) is 16.3. The Morgan fingerprint density at radius 2 is 2.36 bits per heavy atom. The SMILES string of the molecule is O=C(NCc1ccc(-n2ccnc2)c(F)c1)[C@@]12CCCC[C@H]1CNC2. The first-order chi connectivity index (χ1) is 12.2. The number of nitrogens with zero attached hydrogens (tertiary/aromatic N) is 2. The molecule has 1 aliphatic heterocycles. The second-order valence-corrected chi connectivity index (χ2v) is 7.17. The molecular weight excluding hydrogens is 319 g/mol. The second kappa shape index (κ2) is 6.59. The van der Waals surface area contributed by atoms with Crippen molar-refractivity contribution in [3.8, 4) is 5.69 Å². The van der Waals surface area contributed by atoms with Gasteiger partial charge in [-0.3, -0.25) is 4.79 Å². The molecule has 2 aliphatic rings. The quantitative estimate of drug-likeness (QED) is 0.897. The Balaban J connectivity index is 1.44. The normalized spacial score (nSPS) is 25.6. The zero-order valence-electron chi connectivity index (χ0n) is 14.2. The summed E-state index contributed by atoms with van der Waals surface area (Å²) in [7, 11) is 0. The molecule has 1 aliphatic carbocycles. The molecule has 1 aromatic heterocycles. The molecule has 2 N–H and O–H groups in total. The van der Waals surface area contributed by atoms with Crippen LogP contribution in [0.3, 0.4) is 0 Å². The molecule has 2 aromatic rings. The van der Waals surface area contributed by atoms with Crippen LogP contribution in [0.25, 0.3) is 5.69 Å². The Bertz CT molecular complexity index is 761. The molecule has 0 radical (unpaired) electrons. The standard InChI is InChI=1S/C19H23FN4O/c20-16-9-14(4-5-17(16)24-8-7-21-13-24)10-23-18(25)19-6-2-1-3-15(19)11-22-12-19/h4-5,7-9,13,15,22H,1-3,6,10-12H2,(H,23,25)/t15-,19+/m0/s1. The van der Waals surface area contributed by atoms with E-state index in [9.17, 15) is 9.18 Å². The highest BCUT2D eigenvalue weighted by Crippen LogP contribution is 2.43. The van der Waals surface area contributed by atoms with E-state index in [2.05, 4.69) is 15.6 Å². The van der Waals surface area contributed by atoms with Crippen LogP contribution in [0.5, 0.6) is 0 Å². The minimum Gasteiger partial charge on any atom is -0.351 e. The van der Waals surface area contributed by atoms with Crippen molar-refractivity contribution in [1.29, 1.82) is 0 Å². The first-order valence-corrected chi connectivity index (χ1v) is 8.95. The number of fused-ring (bicyclic) bond motifs is 1. The topological polar surface area (TPSA) is 59.0 Å². The van der Waals surface area contributed by atoms with Crippen molar-refractivity contribution in [2.24, 2.45) is 11.3 Å². The minimum atomic E-state index is -0.319. The fourth-order valence-electron chi connectivity index (χ4n) is 4.32. The maximum atomic E-state index is 14.3. The van der Waals surface area contributed by atoms with Crippen LogP contribution in [0, 0.1) is 17.2 Å². The molecule has 2 heterocycles. The largest absolute Gasteiger partial charge is 0.351 e. The lowest BCUT2D eigenvalue weighted by Crippen LogP contribution is -2.47. The fraction of sp³-hybridized carbons (Fsp3) is 0.474. The minimum absolute atomic E-state index is 0.112. The first-order valence-electron chi connectivity index (χ1n) is 8.95. The molecule has 5 nitrogen and oxygen atoms in total. The fourth-order valence-corrected chi connectivity index (χ4v) is 4.32. The molecule has 4 rings (SSSR count). The van der Waals surface area contributed by atoms with Gasteiger partial charge in [-0.25, -0.2) is 9.37 Å². The van der Waals surface area contributed by atoms with Gasteiger partial charge in [0.05, 0.1) is 17.4 Å². The number of benzene rings is 1. The number of hydrogen-bond donors (Lipinski definition) is 2. The zero-order valence-corrected chi connectivity index (χ0v) is 14.2. The van der Waals surface area contributed by atoms with Gasteiger partial charge in [-0.15, -0.1) is 0 Å². The van der Waals surface area contributed by atoms with Crippen molar-refractivity contribution >= 4 is 5.91 Å². The Hall–Kier alpha value is -2.21. The van der Waals surface area contributed by atoms with Crippen LogP contribution in [-0.2, 0) is 11.3 Å². The third kappa shape index (κ3) is 2.95. The number of rotatable bonds is 4. The molecule has 2 fully saturated rings. The van der Waals surface area contributed by atoms with Crippen molar-refractivity contribution in [1.82, 2.24) is 20.2 Å². The van der Waals surface area contributed by atoms with E-state index in [1.807, 2.05) is 6.07 Å². The summed E-state index contributed by atoms with van der Waals surface area (Å²) in [5.41, 5.74) is 0.955. The van der Waals surface area contributed by atoms with E-state index in [1.165, 1.54) is 12.5 Å². The van der Waals surface area contributed by atoms with Crippen molar-refractivity contribution in [2.45, 2.75) is 32.2 Å². The lowest BCUT2D eigenvalue weighted by atomic mass is 9.67. The molecule has 1 saturated heterocycles. The van der Waals surface area contributed by atoms with E-state index < -0.39 is 0 Å². The van der Waals surface area contributed by atoms with Gasteiger partial charge in [-0.1, -0.05) is 18.9 Å². The van der Waals surface area contributed by atoms with Gasteiger partial charge < -0.3 is 15.2 Å². The van der Waals surface area contributed by atoms with E-state index in [1.54, 1.807) is 29.4 Å². The van der Waals surface area contributed by atoms with Crippen LogP contribution in [0.2, 0.25) is 0 Å². The summed E-state index contributed by atoms with van der Waals surface area (Å²) in [4.78, 5) is 16.8. The van der Waals surface area contributed by atoms with Gasteiger partial charge in [0.15, 0.2) is 0 Å². The van der Waals surface area contributed by atoms with Gasteiger partial charge in [-0.2, -0.15) is 0 Å². The molecule has 1 saturated carbocycles. The Morgan fingerprint density at radius 3 is 3.16 bits per heavy atom. The number of carbonyl (C=O) groups excluding carboxylic acids is 1. The number of amides is 1. The second-order valence-electron chi connectivity index (χ2n) is 7.17. The van der Waals surface area contributed by atoms with Crippen LogP contribution < -0.4 is 10.6 Å². The number of nitrogens with one attached hydrogen (secondary N) is 2. The van der Waals surface area contributed by atoms with Crippen LogP contribution in [0.4, 0.5) is 4.39 Å². The van der Waals surface area contributed by atoms with Crippen LogP contribution in [0.15, 0.2) is 36.9 Å². The van der Waals surface area contributed by atoms with Crippen molar-refractivity contribution in [2.75, 3.05) is 13.1 Å². The molecule has 0 bridgehead atoms. The Labute approximate surface area is 146 Å². The summed E-state index contributed by atoms with van der Waals surface area (Å²) < 4.78 is 16.0. The number of imidazole rings is 1. The van der Waals surface area contributed by atoms with Crippen molar-refractivity contribution in [3.05, 3.63) is 48.3 Å². The zero-order chi connectivity index (χ0) is 17.3. The monoisotopic (exact) mass is 342 g/mol. The smallest absolute Gasteiger partial charge is 0.228 e. The van der Waals surface area contributed by atoms with Gasteiger partial charge in [0.2, 0.25) is 5.91 Å². The van der Waals surface area contributed by atoms with Gasteiger partial charge in [0.25, 0.3) is 0 Å². The third-order valence-corrected chi connectivity index (χ3v) is 5.74.